The van der Waals surface area contributed by atoms with E-state index in [0.717, 1.165) is 0 Å². The molecule has 0 aliphatic heterocycles. The van der Waals surface area contributed by atoms with Gasteiger partial charge in [0.25, 0.3) is 0 Å². The van der Waals surface area contributed by atoms with Crippen LogP contribution in [-0.4, -0.2) is 21.1 Å². The van der Waals surface area contributed by atoms with Crippen LogP contribution in [0, 0.1) is 37.0 Å². The lowest BCUT2D eigenvalue weighted by atomic mass is 10.1. The third-order valence-electron chi connectivity index (χ3n) is 1.07. The summed E-state index contributed by atoms with van der Waals surface area (Å²) in [6, 6.07) is 0. The molecule has 0 aromatic carbocycles. The standard InChI is InChI=1S/C5H7Cl.C5H9N.C5H8O/c3*1-4-5(2,3)6/h1H,2-3H3;1H,6H2,2-3H3;1,6H,2-3H3. The summed E-state index contributed by atoms with van der Waals surface area (Å²) >= 11 is 5.48. The van der Waals surface area contributed by atoms with Crippen LogP contribution < -0.4 is 5.73 Å². The molecule has 0 saturated heterocycles. The van der Waals surface area contributed by atoms with E-state index in [2.05, 4.69) is 17.8 Å². The van der Waals surface area contributed by atoms with Gasteiger partial charge in [-0.1, -0.05) is 17.8 Å². The fourth-order valence-electron chi connectivity index (χ4n) is 0. The molecule has 0 aliphatic carbocycles. The van der Waals surface area contributed by atoms with Gasteiger partial charge in [0.05, 0.1) is 10.4 Å². The van der Waals surface area contributed by atoms with Gasteiger partial charge in [0, 0.05) is 0 Å². The van der Waals surface area contributed by atoms with E-state index in [1.54, 1.807) is 41.5 Å². The summed E-state index contributed by atoms with van der Waals surface area (Å²) in [6.07, 6.45) is 14.7. The van der Waals surface area contributed by atoms with Crippen LogP contribution in [0.5, 0.6) is 0 Å². The van der Waals surface area contributed by atoms with Crippen molar-refractivity contribution in [3.63, 3.8) is 0 Å². The number of aliphatic hydroxyl groups is 1. The molecule has 0 amide bonds. The molecule has 0 radical (unpaired) electrons. The van der Waals surface area contributed by atoms with Crippen molar-refractivity contribution in [3.05, 3.63) is 0 Å². The van der Waals surface area contributed by atoms with E-state index in [1.807, 2.05) is 0 Å². The van der Waals surface area contributed by atoms with E-state index >= 15 is 0 Å². The van der Waals surface area contributed by atoms with Gasteiger partial charge in [0.2, 0.25) is 0 Å². The van der Waals surface area contributed by atoms with Gasteiger partial charge in [-0.05, 0) is 41.5 Å². The fraction of sp³-hybridized carbons (Fsp3) is 0.600. The molecule has 0 atom stereocenters. The van der Waals surface area contributed by atoms with E-state index in [1.165, 1.54) is 0 Å². The Bertz CT molecular complexity index is 275. The van der Waals surface area contributed by atoms with Crippen molar-refractivity contribution >= 4 is 11.6 Å². The summed E-state index contributed by atoms with van der Waals surface area (Å²) in [5.74, 6) is 6.91. The Kier molecular flexibility index (Phi) is 10.9. The minimum atomic E-state index is -0.931. The minimum Gasteiger partial charge on any atom is -0.378 e. The fourth-order valence-corrected chi connectivity index (χ4v) is 0. The van der Waals surface area contributed by atoms with Gasteiger partial charge in [-0.15, -0.1) is 30.9 Å². The lowest BCUT2D eigenvalue weighted by Gasteiger charge is -2.05. The maximum absolute atomic E-state index is 8.59. The molecule has 0 aliphatic rings. The van der Waals surface area contributed by atoms with E-state index in [9.17, 15) is 0 Å². The van der Waals surface area contributed by atoms with Crippen LogP contribution in [0.4, 0.5) is 0 Å². The van der Waals surface area contributed by atoms with Crippen LogP contribution in [0.2, 0.25) is 0 Å². The topological polar surface area (TPSA) is 46.2 Å². The molecule has 0 saturated carbocycles. The quantitative estimate of drug-likeness (QED) is 0.524. The second kappa shape index (κ2) is 8.91. The zero-order chi connectivity index (χ0) is 15.6. The smallest absolute Gasteiger partial charge is 0.119 e. The predicted molar refractivity (Wildman–Crippen MR) is 81.0 cm³/mol. The average molecular weight is 270 g/mol. The van der Waals surface area contributed by atoms with E-state index < -0.39 is 16.0 Å². The molecule has 0 unspecified atom stereocenters. The van der Waals surface area contributed by atoms with E-state index in [0.29, 0.717) is 0 Å². The summed E-state index contributed by atoms with van der Waals surface area (Å²) in [6.45, 7) is 10.2. The Morgan fingerprint density at radius 1 is 0.889 bits per heavy atom. The van der Waals surface area contributed by atoms with Crippen molar-refractivity contribution in [2.24, 2.45) is 5.73 Å². The van der Waals surface area contributed by atoms with Crippen molar-refractivity contribution in [1.82, 2.24) is 0 Å². The Morgan fingerprint density at radius 2 is 1.06 bits per heavy atom. The molecule has 0 spiro atoms. The first-order valence-electron chi connectivity index (χ1n) is 5.32. The average Bonchev–Trinajstić information content (AvgIpc) is 2.16. The molecule has 18 heavy (non-hydrogen) atoms. The summed E-state index contributed by atoms with van der Waals surface area (Å²) in [4.78, 5) is -0.458. The largest absolute Gasteiger partial charge is 0.378 e. The second-order valence-electron chi connectivity index (χ2n) is 5.19. The first-order chi connectivity index (χ1) is 7.68. The van der Waals surface area contributed by atoms with Crippen LogP contribution in [0.3, 0.4) is 0 Å². The number of terminal acetylenes is 3. The number of nitrogens with two attached hydrogens (primary N) is 1. The Hall–Kier alpha value is -1.11. The van der Waals surface area contributed by atoms with Crippen LogP contribution >= 0.6 is 11.6 Å². The normalized spacial score (nSPS) is 10.3. The molecule has 3 heteroatoms. The van der Waals surface area contributed by atoms with Gasteiger partial charge in [-0.3, -0.25) is 0 Å². The molecular formula is C15H24ClNO. The number of alkyl halides is 1. The molecule has 0 fully saturated rings. The SMILES string of the molecule is C#CC(C)(C)Cl.C#CC(C)(C)N.C#CC(C)(C)O. The first kappa shape index (κ1) is 22.1. The highest BCUT2D eigenvalue weighted by atomic mass is 35.5. The molecule has 0 bridgehead atoms. The summed E-state index contributed by atoms with van der Waals surface area (Å²) in [7, 11) is 0. The van der Waals surface area contributed by atoms with Crippen LogP contribution in [0.25, 0.3) is 0 Å². The molecule has 0 aromatic heterocycles. The summed E-state index contributed by atoms with van der Waals surface area (Å²) in [5.41, 5.74) is 3.94. The van der Waals surface area contributed by atoms with Gasteiger partial charge in [-0.2, -0.15) is 0 Å². The maximum atomic E-state index is 8.59. The number of rotatable bonds is 0. The Balaban J connectivity index is -0.000000187. The highest BCUT2D eigenvalue weighted by Gasteiger charge is 2.04. The van der Waals surface area contributed by atoms with Crippen molar-refractivity contribution in [2.45, 2.75) is 57.6 Å². The summed E-state index contributed by atoms with van der Waals surface area (Å²) < 4.78 is 0. The zero-order valence-electron chi connectivity index (χ0n) is 12.1. The van der Waals surface area contributed by atoms with Crippen molar-refractivity contribution in [1.29, 1.82) is 0 Å². The van der Waals surface area contributed by atoms with Crippen LogP contribution in [0.1, 0.15) is 41.5 Å². The maximum Gasteiger partial charge on any atom is 0.119 e. The van der Waals surface area contributed by atoms with Crippen molar-refractivity contribution in [3.8, 4) is 37.0 Å². The first-order valence-corrected chi connectivity index (χ1v) is 5.70. The molecule has 0 rings (SSSR count). The third-order valence-corrected chi connectivity index (χ3v) is 1.18. The molecule has 3 N–H and O–H groups in total. The predicted octanol–water partition coefficient (Wildman–Crippen LogP) is 2.38. The molecule has 0 aromatic rings. The highest BCUT2D eigenvalue weighted by Crippen LogP contribution is 2.08. The Morgan fingerprint density at radius 3 is 1.06 bits per heavy atom. The number of hydrogen-bond donors (Lipinski definition) is 2. The van der Waals surface area contributed by atoms with Crippen LogP contribution in [-0.2, 0) is 0 Å². The number of hydrogen-bond acceptors (Lipinski definition) is 2. The molecule has 102 valence electrons. The van der Waals surface area contributed by atoms with Crippen molar-refractivity contribution in [2.75, 3.05) is 0 Å². The third kappa shape index (κ3) is 46.1. The van der Waals surface area contributed by atoms with Crippen LogP contribution in [0.15, 0.2) is 0 Å². The van der Waals surface area contributed by atoms with E-state index in [4.69, 9.17) is 41.7 Å². The van der Waals surface area contributed by atoms with Crippen molar-refractivity contribution < 1.29 is 5.11 Å². The molecule has 2 nitrogen and oxygen atoms in total. The van der Waals surface area contributed by atoms with Gasteiger partial charge in [-0.25, -0.2) is 0 Å². The van der Waals surface area contributed by atoms with Gasteiger partial charge in [0.15, 0.2) is 0 Å². The number of halogens is 1. The lowest BCUT2D eigenvalue weighted by molar-refractivity contribution is 0.144. The van der Waals surface area contributed by atoms with E-state index in [-0.39, 0.29) is 0 Å². The molecular weight excluding hydrogens is 246 g/mol. The van der Waals surface area contributed by atoms with Gasteiger partial charge >= 0.3 is 0 Å². The summed E-state index contributed by atoms with van der Waals surface area (Å²) in [5, 5.41) is 8.59. The van der Waals surface area contributed by atoms with Gasteiger partial charge < -0.3 is 10.8 Å². The zero-order valence-corrected chi connectivity index (χ0v) is 12.9. The lowest BCUT2D eigenvalue weighted by Crippen LogP contribution is -2.28. The molecule has 0 heterocycles. The minimum absolute atomic E-state index is 0.431. The Labute approximate surface area is 117 Å². The highest BCUT2D eigenvalue weighted by molar-refractivity contribution is 6.25. The van der Waals surface area contributed by atoms with Gasteiger partial charge in [0.1, 0.15) is 5.60 Å². The second-order valence-corrected chi connectivity index (χ2v) is 6.13. The monoisotopic (exact) mass is 269 g/mol.